The zero-order valence-corrected chi connectivity index (χ0v) is 31.1. The van der Waals surface area contributed by atoms with Gasteiger partial charge in [-0.3, -0.25) is 0 Å². The molecule has 288 valence electrons. The van der Waals surface area contributed by atoms with Gasteiger partial charge in [-0.15, -0.1) is 0 Å². The summed E-state index contributed by atoms with van der Waals surface area (Å²) in [5.74, 6) is 0. The number of hydrogen-bond donors (Lipinski definition) is 6. The van der Waals surface area contributed by atoms with E-state index in [-0.39, 0.29) is 6.61 Å². The van der Waals surface area contributed by atoms with Crippen LogP contribution in [0, 0.1) is 5.41 Å². The third kappa shape index (κ3) is 15.0. The van der Waals surface area contributed by atoms with Crippen LogP contribution in [-0.4, -0.2) is 86.8 Å². The fourth-order valence-electron chi connectivity index (χ4n) is 8.28. The molecular formula is C40H74FNO7. The van der Waals surface area contributed by atoms with Crippen molar-refractivity contribution in [2.24, 2.45) is 5.41 Å². The van der Waals surface area contributed by atoms with Crippen LogP contribution in [0.1, 0.15) is 174 Å². The second-order valence-electron chi connectivity index (χ2n) is 16.1. The van der Waals surface area contributed by atoms with E-state index < -0.39 is 54.6 Å². The van der Waals surface area contributed by atoms with Gasteiger partial charge in [-0.1, -0.05) is 129 Å². The molecule has 8 nitrogen and oxygen atoms in total. The number of ether oxygens (including phenoxy) is 2. The van der Waals surface area contributed by atoms with Crippen molar-refractivity contribution < 1.29 is 39.4 Å². The molecule has 9 heteroatoms. The molecule has 8 atom stereocenters. The van der Waals surface area contributed by atoms with Crippen molar-refractivity contribution in [1.82, 2.24) is 5.32 Å². The minimum absolute atomic E-state index is 0.0615. The van der Waals surface area contributed by atoms with Crippen LogP contribution in [-0.2, 0) is 9.47 Å². The molecule has 1 saturated heterocycles. The fourth-order valence-corrected chi connectivity index (χ4v) is 8.28. The Morgan fingerprint density at radius 2 is 1.29 bits per heavy atom. The highest BCUT2D eigenvalue weighted by atomic mass is 19.1. The van der Waals surface area contributed by atoms with Crippen molar-refractivity contribution in [2.75, 3.05) is 6.61 Å². The van der Waals surface area contributed by atoms with Crippen LogP contribution in [0.2, 0.25) is 0 Å². The van der Waals surface area contributed by atoms with Crippen LogP contribution in [0.15, 0.2) is 12.3 Å². The van der Waals surface area contributed by atoms with Crippen molar-refractivity contribution in [2.45, 2.75) is 229 Å². The van der Waals surface area contributed by atoms with E-state index >= 15 is 0 Å². The zero-order valence-electron chi connectivity index (χ0n) is 31.1. The van der Waals surface area contributed by atoms with Gasteiger partial charge in [0.25, 0.3) is 0 Å². The lowest BCUT2D eigenvalue weighted by atomic mass is 9.41. The van der Waals surface area contributed by atoms with Crippen molar-refractivity contribution in [3.8, 4) is 0 Å². The molecule has 1 aliphatic heterocycles. The van der Waals surface area contributed by atoms with Crippen LogP contribution in [0.25, 0.3) is 0 Å². The van der Waals surface area contributed by atoms with Crippen molar-refractivity contribution in [1.29, 1.82) is 0 Å². The summed E-state index contributed by atoms with van der Waals surface area (Å²) in [6.45, 7) is 3.79. The third-order valence-electron chi connectivity index (χ3n) is 11.5. The molecule has 1 heterocycles. The standard InChI is InChI=1S/C40H74FNO7/c1-3-4-5-6-7-8-9-10-12-15-18-21-24-33(43)35(45)32(27-48-38-37(47)36(46)34(44)31(2)49-38)42-26-23-20-17-14-11-13-16-19-22-25-39-28-40(41,29-39)30-39/h23,26,31-38,42-47H,3-22,24-25,27-30H2,1-2H3/t31-,32+,33-,34+,35+,36+,37-,38+,39?,40?/m1/s1. The van der Waals surface area contributed by atoms with E-state index in [4.69, 9.17) is 9.47 Å². The number of rotatable bonds is 30. The maximum Gasteiger partial charge on any atom is 0.186 e. The van der Waals surface area contributed by atoms with E-state index in [2.05, 4.69) is 12.2 Å². The van der Waals surface area contributed by atoms with Gasteiger partial charge in [-0.2, -0.15) is 0 Å². The Morgan fingerprint density at radius 3 is 1.86 bits per heavy atom. The summed E-state index contributed by atoms with van der Waals surface area (Å²) in [4.78, 5) is 0. The van der Waals surface area contributed by atoms with E-state index in [1.807, 2.05) is 6.08 Å². The highest BCUT2D eigenvalue weighted by Gasteiger charge is 2.68. The SMILES string of the molecule is CCCCCCCCCCCCCC[C@@H](O)[C@@H](O)[C@H](CO[C@H]1O[C@H](C)[C@H](O)[C@H](O)[C@H]1O)NC=CCCCCCCCCCC12CC(F)(C1)C2. The van der Waals surface area contributed by atoms with Gasteiger partial charge in [0, 0.05) is 0 Å². The molecule has 0 amide bonds. The van der Waals surface area contributed by atoms with E-state index in [9.17, 15) is 29.9 Å². The number of aliphatic hydroxyl groups is 5. The Balaban J connectivity index is 1.29. The molecule has 4 aliphatic rings. The third-order valence-corrected chi connectivity index (χ3v) is 11.5. The van der Waals surface area contributed by atoms with Crippen molar-refractivity contribution >= 4 is 0 Å². The number of nitrogens with one attached hydrogen (secondary N) is 1. The quantitative estimate of drug-likeness (QED) is 0.0425. The first-order valence-electron chi connectivity index (χ1n) is 20.4. The Hall–Kier alpha value is -0.810. The van der Waals surface area contributed by atoms with Gasteiger partial charge in [0.2, 0.25) is 0 Å². The van der Waals surface area contributed by atoms with Crippen LogP contribution in [0.4, 0.5) is 4.39 Å². The zero-order chi connectivity index (χ0) is 35.5. The first kappa shape index (κ1) is 42.6. The maximum atomic E-state index is 13.7. The molecule has 0 unspecified atom stereocenters. The highest BCUT2D eigenvalue weighted by Crippen LogP contribution is 2.71. The first-order valence-corrected chi connectivity index (χ1v) is 20.4. The predicted octanol–water partition coefficient (Wildman–Crippen LogP) is 7.52. The number of halogens is 1. The van der Waals surface area contributed by atoms with Crippen molar-refractivity contribution in [3.63, 3.8) is 0 Å². The molecular weight excluding hydrogens is 625 g/mol. The van der Waals surface area contributed by atoms with Gasteiger partial charge in [-0.25, -0.2) is 4.39 Å². The number of alkyl halides is 1. The van der Waals surface area contributed by atoms with Crippen LogP contribution < -0.4 is 5.32 Å². The average Bonchev–Trinajstić information content (AvgIpc) is 3.06. The van der Waals surface area contributed by atoms with Gasteiger partial charge in [-0.05, 0) is 63.5 Å². The lowest BCUT2D eigenvalue weighted by Crippen LogP contribution is -2.64. The molecule has 0 spiro atoms. The highest BCUT2D eigenvalue weighted by molar-refractivity contribution is 5.18. The smallest absolute Gasteiger partial charge is 0.186 e. The fraction of sp³-hybridized carbons (Fsp3) is 0.950. The minimum Gasteiger partial charge on any atom is -0.390 e. The summed E-state index contributed by atoms with van der Waals surface area (Å²) in [6.07, 6.45) is 24.2. The molecule has 49 heavy (non-hydrogen) atoms. The number of aliphatic hydroxyl groups excluding tert-OH is 5. The molecule has 6 N–H and O–H groups in total. The summed E-state index contributed by atoms with van der Waals surface area (Å²) in [7, 11) is 0. The molecule has 4 fully saturated rings. The van der Waals surface area contributed by atoms with Crippen LogP contribution >= 0.6 is 0 Å². The number of allylic oxidation sites excluding steroid dienone is 1. The van der Waals surface area contributed by atoms with Crippen molar-refractivity contribution in [3.05, 3.63) is 12.3 Å². The van der Waals surface area contributed by atoms with E-state index in [0.717, 1.165) is 57.8 Å². The Morgan fingerprint density at radius 1 is 0.755 bits per heavy atom. The normalized spacial score (nSPS) is 31.3. The predicted molar refractivity (Wildman–Crippen MR) is 194 cm³/mol. The van der Waals surface area contributed by atoms with Gasteiger partial charge >= 0.3 is 0 Å². The summed E-state index contributed by atoms with van der Waals surface area (Å²) in [5, 5.41) is 55.7. The second kappa shape index (κ2) is 23.0. The summed E-state index contributed by atoms with van der Waals surface area (Å²) >= 11 is 0. The molecule has 0 aromatic heterocycles. The maximum absolute atomic E-state index is 13.7. The van der Waals surface area contributed by atoms with Gasteiger partial charge in [0.15, 0.2) is 6.29 Å². The van der Waals surface area contributed by atoms with Crippen LogP contribution in [0.5, 0.6) is 0 Å². The van der Waals surface area contributed by atoms with Gasteiger partial charge in [0.1, 0.15) is 30.1 Å². The average molecular weight is 700 g/mol. The number of unbranched alkanes of at least 4 members (excludes halogenated alkanes) is 18. The summed E-state index contributed by atoms with van der Waals surface area (Å²) in [5.41, 5.74) is -0.385. The Kier molecular flexibility index (Phi) is 20.0. The van der Waals surface area contributed by atoms with E-state index in [1.165, 1.54) is 96.3 Å². The number of hydrogen-bond acceptors (Lipinski definition) is 8. The molecule has 0 aromatic rings. The van der Waals surface area contributed by atoms with E-state index in [1.54, 1.807) is 13.1 Å². The topological polar surface area (TPSA) is 132 Å². The van der Waals surface area contributed by atoms with Gasteiger partial charge in [0.05, 0.1) is 24.9 Å². The Bertz CT molecular complexity index is 873. The second-order valence-corrected chi connectivity index (χ2v) is 16.1. The Labute approximate surface area is 297 Å². The molecule has 3 aliphatic carbocycles. The molecule has 2 bridgehead atoms. The summed E-state index contributed by atoms with van der Waals surface area (Å²) in [6, 6.07) is -0.653. The largest absolute Gasteiger partial charge is 0.390 e. The molecule has 3 saturated carbocycles. The molecule has 0 radical (unpaired) electrons. The van der Waals surface area contributed by atoms with Gasteiger partial charge < -0.3 is 40.3 Å². The van der Waals surface area contributed by atoms with E-state index in [0.29, 0.717) is 11.8 Å². The summed E-state index contributed by atoms with van der Waals surface area (Å²) < 4.78 is 25.0. The van der Waals surface area contributed by atoms with Crippen LogP contribution in [0.3, 0.4) is 0 Å². The first-order chi connectivity index (χ1) is 23.6. The lowest BCUT2D eigenvalue weighted by Gasteiger charge is -2.66. The monoisotopic (exact) mass is 700 g/mol. The molecule has 4 rings (SSSR count). The molecule has 0 aromatic carbocycles. The minimum atomic E-state index is -1.43. The lowest BCUT2D eigenvalue weighted by molar-refractivity contribution is -0.295.